The van der Waals surface area contributed by atoms with Crippen LogP contribution in [0.4, 0.5) is 11.5 Å². The third-order valence-electron chi connectivity index (χ3n) is 3.75. The molecule has 0 fully saturated rings. The van der Waals surface area contributed by atoms with Gasteiger partial charge in [-0.1, -0.05) is 13.8 Å². The maximum Gasteiger partial charge on any atom is 0.288 e. The molecule has 132 valence electrons. The lowest BCUT2D eigenvalue weighted by molar-refractivity contribution is -0.385. The van der Waals surface area contributed by atoms with Gasteiger partial charge in [0.05, 0.1) is 16.2 Å². The van der Waals surface area contributed by atoms with Crippen LogP contribution >= 0.6 is 0 Å². The van der Waals surface area contributed by atoms with E-state index in [4.69, 9.17) is 5.73 Å². The number of carbonyl (C=O) groups excluding carboxylic acids is 1. The highest BCUT2D eigenvalue weighted by Gasteiger charge is 2.17. The Bertz CT molecular complexity index is 877. The van der Waals surface area contributed by atoms with Gasteiger partial charge in [-0.05, 0) is 18.4 Å². The van der Waals surface area contributed by atoms with Crippen LogP contribution in [0.15, 0.2) is 17.1 Å². The Morgan fingerprint density at radius 1 is 1.36 bits per heavy atom. The van der Waals surface area contributed by atoms with E-state index in [0.717, 1.165) is 23.5 Å². The maximum atomic E-state index is 12.1. The molecule has 2 heterocycles. The van der Waals surface area contributed by atoms with E-state index in [2.05, 4.69) is 20.5 Å². The number of nitro groups is 1. The molecule has 0 aliphatic heterocycles. The van der Waals surface area contributed by atoms with E-state index in [0.29, 0.717) is 18.4 Å². The number of pyridine rings is 1. The summed E-state index contributed by atoms with van der Waals surface area (Å²) in [6, 6.07) is 1.05. The van der Waals surface area contributed by atoms with Gasteiger partial charge in [0.25, 0.3) is 17.2 Å². The Morgan fingerprint density at radius 3 is 2.64 bits per heavy atom. The third kappa shape index (κ3) is 3.79. The van der Waals surface area contributed by atoms with Crippen LogP contribution in [0.1, 0.15) is 41.0 Å². The number of amides is 1. The number of primary amides is 1. The lowest BCUT2D eigenvalue weighted by atomic mass is 10.0. The maximum absolute atomic E-state index is 12.1. The van der Waals surface area contributed by atoms with Gasteiger partial charge >= 0.3 is 0 Å². The van der Waals surface area contributed by atoms with E-state index in [1.54, 1.807) is 0 Å². The Kier molecular flexibility index (Phi) is 5.42. The average Bonchev–Trinajstić information content (AvgIpc) is 2.59. The topological polar surface area (TPSA) is 157 Å². The van der Waals surface area contributed by atoms with Crippen molar-refractivity contribution in [3.63, 3.8) is 0 Å². The van der Waals surface area contributed by atoms with E-state index in [9.17, 15) is 19.7 Å². The van der Waals surface area contributed by atoms with Gasteiger partial charge in [0.2, 0.25) is 0 Å². The van der Waals surface area contributed by atoms with Crippen LogP contribution in [0.25, 0.3) is 0 Å². The third-order valence-corrected chi connectivity index (χ3v) is 3.75. The highest BCUT2D eigenvalue weighted by atomic mass is 16.6. The number of nitrogens with two attached hydrogens (primary N) is 1. The zero-order valence-electron chi connectivity index (χ0n) is 13.8. The van der Waals surface area contributed by atoms with Gasteiger partial charge in [-0.2, -0.15) is 5.10 Å². The molecular weight excluding hydrogens is 328 g/mol. The van der Waals surface area contributed by atoms with Crippen LogP contribution in [0.2, 0.25) is 0 Å². The standard InChI is InChI=1S/C15H18N6O4/c1-3-9-11(15(23)20-19-12(9)4-2)7-18-14-10(13(16)22)5-8(6-17-14)21(24)25/h5-6H,3-4,7H2,1-2H3,(H2,16,22)(H,17,18)(H,20,23). The van der Waals surface area contributed by atoms with Crippen molar-refractivity contribution >= 4 is 17.4 Å². The molecule has 1 amide bonds. The fourth-order valence-corrected chi connectivity index (χ4v) is 2.52. The Hall–Kier alpha value is -3.30. The molecule has 2 aromatic heterocycles. The van der Waals surface area contributed by atoms with Gasteiger partial charge in [-0.15, -0.1) is 0 Å². The first-order chi connectivity index (χ1) is 11.9. The van der Waals surface area contributed by atoms with Gasteiger partial charge in [0.1, 0.15) is 12.0 Å². The Morgan fingerprint density at radius 2 is 2.08 bits per heavy atom. The molecular formula is C15H18N6O4. The molecule has 10 nitrogen and oxygen atoms in total. The normalized spacial score (nSPS) is 10.5. The molecule has 2 rings (SSSR count). The lowest BCUT2D eigenvalue weighted by Gasteiger charge is -2.13. The van der Waals surface area contributed by atoms with E-state index < -0.39 is 10.8 Å². The van der Waals surface area contributed by atoms with Gasteiger partial charge in [0, 0.05) is 18.2 Å². The number of aromatic nitrogens is 3. The predicted molar refractivity (Wildman–Crippen MR) is 90.3 cm³/mol. The second kappa shape index (κ2) is 7.51. The number of nitrogens with zero attached hydrogens (tertiary/aromatic N) is 3. The second-order valence-corrected chi connectivity index (χ2v) is 5.23. The van der Waals surface area contributed by atoms with Crippen LogP contribution in [0, 0.1) is 10.1 Å². The van der Waals surface area contributed by atoms with Crippen LogP contribution < -0.4 is 16.6 Å². The van der Waals surface area contributed by atoms with Crippen molar-refractivity contribution in [2.45, 2.75) is 33.2 Å². The summed E-state index contributed by atoms with van der Waals surface area (Å²) >= 11 is 0. The summed E-state index contributed by atoms with van der Waals surface area (Å²) in [6.07, 6.45) is 2.30. The molecule has 0 aliphatic carbocycles. The molecule has 0 atom stereocenters. The summed E-state index contributed by atoms with van der Waals surface area (Å²) in [5.41, 5.74) is 6.54. The Labute approximate surface area is 142 Å². The SMILES string of the molecule is CCc1n[nH]c(=O)c(CNc2ncc([N+](=O)[O-])cc2C(N)=O)c1CC. The lowest BCUT2D eigenvalue weighted by Crippen LogP contribution is -2.23. The van der Waals surface area contributed by atoms with Crippen LogP contribution in [0.5, 0.6) is 0 Å². The van der Waals surface area contributed by atoms with Crippen molar-refractivity contribution in [2.75, 3.05) is 5.32 Å². The minimum Gasteiger partial charge on any atom is -0.365 e. The van der Waals surface area contributed by atoms with Crippen molar-refractivity contribution in [3.8, 4) is 0 Å². The van der Waals surface area contributed by atoms with Crippen molar-refractivity contribution < 1.29 is 9.72 Å². The zero-order valence-corrected chi connectivity index (χ0v) is 13.8. The quantitative estimate of drug-likeness (QED) is 0.496. The molecule has 0 unspecified atom stereocenters. The average molecular weight is 346 g/mol. The van der Waals surface area contributed by atoms with Gasteiger partial charge in [-0.25, -0.2) is 10.1 Å². The van der Waals surface area contributed by atoms with E-state index >= 15 is 0 Å². The highest BCUT2D eigenvalue weighted by Crippen LogP contribution is 2.20. The van der Waals surface area contributed by atoms with E-state index in [-0.39, 0.29) is 29.2 Å². The largest absolute Gasteiger partial charge is 0.365 e. The fourth-order valence-electron chi connectivity index (χ4n) is 2.52. The molecule has 0 saturated heterocycles. The van der Waals surface area contributed by atoms with E-state index in [1.807, 2.05) is 13.8 Å². The summed E-state index contributed by atoms with van der Waals surface area (Å²) in [7, 11) is 0. The number of hydrogen-bond donors (Lipinski definition) is 3. The number of H-pyrrole nitrogens is 1. The summed E-state index contributed by atoms with van der Waals surface area (Å²) in [5.74, 6) is -0.776. The summed E-state index contributed by atoms with van der Waals surface area (Å²) in [5, 5.41) is 20.1. The number of anilines is 1. The molecule has 0 bridgehead atoms. The molecule has 0 saturated carbocycles. The minimum absolute atomic E-state index is 0.0782. The van der Waals surface area contributed by atoms with Crippen molar-refractivity contribution in [3.05, 3.63) is 55.1 Å². The number of nitrogens with one attached hydrogen (secondary N) is 2. The van der Waals surface area contributed by atoms with Gasteiger partial charge < -0.3 is 11.1 Å². The predicted octanol–water partition coefficient (Wildman–Crippen LogP) is 0.909. The van der Waals surface area contributed by atoms with E-state index in [1.165, 1.54) is 0 Å². The molecule has 2 aromatic rings. The molecule has 0 radical (unpaired) electrons. The van der Waals surface area contributed by atoms with Crippen LogP contribution in [-0.2, 0) is 19.4 Å². The molecule has 10 heteroatoms. The zero-order chi connectivity index (χ0) is 18.6. The first-order valence-electron chi connectivity index (χ1n) is 7.66. The molecule has 0 aromatic carbocycles. The first-order valence-corrected chi connectivity index (χ1v) is 7.66. The smallest absolute Gasteiger partial charge is 0.288 e. The number of carbonyl (C=O) groups is 1. The number of hydrogen-bond acceptors (Lipinski definition) is 7. The molecule has 25 heavy (non-hydrogen) atoms. The fraction of sp³-hybridized carbons (Fsp3) is 0.333. The van der Waals surface area contributed by atoms with Crippen molar-refractivity contribution in [2.24, 2.45) is 5.73 Å². The highest BCUT2D eigenvalue weighted by molar-refractivity contribution is 5.98. The summed E-state index contributed by atoms with van der Waals surface area (Å²) in [6.45, 7) is 3.93. The number of rotatable bonds is 7. The van der Waals surface area contributed by atoms with Crippen molar-refractivity contribution in [1.82, 2.24) is 15.2 Å². The van der Waals surface area contributed by atoms with Crippen molar-refractivity contribution in [1.29, 1.82) is 0 Å². The second-order valence-electron chi connectivity index (χ2n) is 5.23. The molecule has 0 aliphatic rings. The molecule has 4 N–H and O–H groups in total. The summed E-state index contributed by atoms with van der Waals surface area (Å²) < 4.78 is 0. The van der Waals surface area contributed by atoms with Gasteiger partial charge in [-0.3, -0.25) is 19.7 Å². The Balaban J connectivity index is 2.38. The van der Waals surface area contributed by atoms with Gasteiger partial charge in [0.15, 0.2) is 0 Å². The van der Waals surface area contributed by atoms with Crippen LogP contribution in [0.3, 0.4) is 0 Å². The minimum atomic E-state index is -0.854. The number of aryl methyl sites for hydroxylation is 1. The number of aromatic amines is 1. The summed E-state index contributed by atoms with van der Waals surface area (Å²) in [4.78, 5) is 37.7. The monoisotopic (exact) mass is 346 g/mol. The van der Waals surface area contributed by atoms with Crippen LogP contribution in [-0.4, -0.2) is 26.0 Å². The first kappa shape index (κ1) is 18.0. The molecule has 0 spiro atoms.